The topological polar surface area (TPSA) is 20.2 Å². The van der Waals surface area contributed by atoms with E-state index in [1.54, 1.807) is 0 Å². The van der Waals surface area contributed by atoms with Crippen molar-refractivity contribution in [3.05, 3.63) is 35.9 Å². The van der Waals surface area contributed by atoms with E-state index in [1.807, 2.05) is 17.8 Å². The van der Waals surface area contributed by atoms with Gasteiger partial charge in [-0.1, -0.05) is 42.1 Å². The average Bonchev–Trinajstić information content (AvgIpc) is 2.54. The van der Waals surface area contributed by atoms with Crippen molar-refractivity contribution >= 4 is 11.8 Å². The summed E-state index contributed by atoms with van der Waals surface area (Å²) in [5.74, 6) is 1.04. The summed E-state index contributed by atoms with van der Waals surface area (Å²) >= 11 is 1.95. The highest BCUT2D eigenvalue weighted by Gasteiger charge is 2.43. The van der Waals surface area contributed by atoms with E-state index in [2.05, 4.69) is 38.4 Å². The molecule has 0 bridgehead atoms. The van der Waals surface area contributed by atoms with Crippen LogP contribution in [0.5, 0.6) is 0 Å². The minimum atomic E-state index is 0.281. The van der Waals surface area contributed by atoms with Crippen LogP contribution in [-0.4, -0.2) is 42.1 Å². The van der Waals surface area contributed by atoms with Gasteiger partial charge in [0.25, 0.3) is 0 Å². The highest BCUT2D eigenvalue weighted by atomic mass is 32.2. The Hall–Kier alpha value is -0.510. The van der Waals surface area contributed by atoms with E-state index in [1.165, 1.54) is 5.56 Å². The summed E-state index contributed by atoms with van der Waals surface area (Å²) in [6.45, 7) is 0.281. The zero-order valence-corrected chi connectivity index (χ0v) is 10.1. The number of benzene rings is 1. The quantitative estimate of drug-likeness (QED) is 0.774. The fourth-order valence-corrected chi connectivity index (χ4v) is 3.94. The van der Waals surface area contributed by atoms with Crippen LogP contribution in [0.4, 0.5) is 0 Å². The third-order valence-corrected chi connectivity index (χ3v) is 5.00. The van der Waals surface area contributed by atoms with Gasteiger partial charge in [-0.15, -0.1) is 0 Å². The first-order valence-electron chi connectivity index (χ1n) is 5.27. The summed E-state index contributed by atoms with van der Waals surface area (Å²) in [5.41, 5.74) is 1.36. The van der Waals surface area contributed by atoms with Crippen LogP contribution in [0, 0.1) is 0 Å². The fraction of sp³-hybridized carbons (Fsp3) is 0.500. The molecule has 1 N–H and O–H groups in total. The molecule has 82 valence electrons. The van der Waals surface area contributed by atoms with Crippen molar-refractivity contribution in [1.29, 1.82) is 0 Å². The molecule has 0 amide bonds. The SMILES string of the molecule is C[N+]1(C)C(CO)CSC1c1ccccc1. The van der Waals surface area contributed by atoms with Crippen LogP contribution in [0.15, 0.2) is 30.3 Å². The van der Waals surface area contributed by atoms with E-state index in [9.17, 15) is 5.11 Å². The molecule has 1 aliphatic heterocycles. The number of likely N-dealkylation sites (N-methyl/N-ethyl adjacent to an activating group) is 1. The van der Waals surface area contributed by atoms with Gasteiger partial charge in [-0.3, -0.25) is 0 Å². The molecule has 1 saturated heterocycles. The molecule has 0 aliphatic carbocycles. The highest BCUT2D eigenvalue weighted by Crippen LogP contribution is 2.44. The van der Waals surface area contributed by atoms with Crippen molar-refractivity contribution in [3.8, 4) is 0 Å². The first-order valence-corrected chi connectivity index (χ1v) is 6.32. The van der Waals surface area contributed by atoms with Crippen LogP contribution >= 0.6 is 11.8 Å². The zero-order valence-electron chi connectivity index (χ0n) is 9.26. The van der Waals surface area contributed by atoms with E-state index >= 15 is 0 Å². The van der Waals surface area contributed by atoms with Gasteiger partial charge in [0.2, 0.25) is 0 Å². The van der Waals surface area contributed by atoms with Crippen LogP contribution < -0.4 is 0 Å². The Labute approximate surface area is 95.5 Å². The molecule has 1 heterocycles. The van der Waals surface area contributed by atoms with E-state index in [0.29, 0.717) is 11.4 Å². The number of aliphatic hydroxyl groups is 1. The lowest BCUT2D eigenvalue weighted by Gasteiger charge is -2.35. The Morgan fingerprint density at radius 2 is 2.00 bits per heavy atom. The molecule has 2 rings (SSSR count). The maximum Gasteiger partial charge on any atom is 0.162 e. The lowest BCUT2D eigenvalue weighted by molar-refractivity contribution is -0.922. The van der Waals surface area contributed by atoms with E-state index < -0.39 is 0 Å². The van der Waals surface area contributed by atoms with Crippen LogP contribution in [0.2, 0.25) is 0 Å². The van der Waals surface area contributed by atoms with Crippen molar-refractivity contribution in [3.63, 3.8) is 0 Å². The van der Waals surface area contributed by atoms with Gasteiger partial charge in [-0.05, 0) is 0 Å². The molecule has 1 aromatic carbocycles. The monoisotopic (exact) mass is 224 g/mol. The Bertz CT molecular complexity index is 326. The minimum absolute atomic E-state index is 0.281. The summed E-state index contributed by atoms with van der Waals surface area (Å²) in [7, 11) is 4.41. The molecule has 2 unspecified atom stereocenters. The summed E-state index contributed by atoms with van der Waals surface area (Å²) < 4.78 is 0.880. The molecular formula is C12H18NOS+. The second kappa shape index (κ2) is 4.16. The van der Waals surface area contributed by atoms with Gasteiger partial charge in [0, 0.05) is 5.56 Å². The summed E-state index contributed by atoms with van der Waals surface area (Å²) in [5, 5.41) is 9.80. The van der Waals surface area contributed by atoms with Crippen LogP contribution in [0.1, 0.15) is 10.9 Å². The maximum absolute atomic E-state index is 9.34. The molecule has 1 fully saturated rings. The lowest BCUT2D eigenvalue weighted by Crippen LogP contribution is -2.48. The fourth-order valence-electron chi connectivity index (χ4n) is 2.14. The Balaban J connectivity index is 2.26. The molecule has 2 nitrogen and oxygen atoms in total. The zero-order chi connectivity index (χ0) is 10.9. The van der Waals surface area contributed by atoms with Crippen molar-refractivity contribution < 1.29 is 9.59 Å². The smallest absolute Gasteiger partial charge is 0.162 e. The number of rotatable bonds is 2. The number of nitrogens with zero attached hydrogens (tertiary/aromatic N) is 1. The highest BCUT2D eigenvalue weighted by molar-refractivity contribution is 7.99. The standard InChI is InChI=1S/C12H18NOS/c1-13(2)11(8-14)9-15-12(13)10-6-4-3-5-7-10/h3-7,11-12,14H,8-9H2,1-2H3/q+1. The molecule has 2 atom stereocenters. The first kappa shape index (κ1) is 11.0. The minimum Gasteiger partial charge on any atom is -0.390 e. The number of aliphatic hydroxyl groups excluding tert-OH is 1. The van der Waals surface area contributed by atoms with Gasteiger partial charge >= 0.3 is 0 Å². The second-order valence-corrected chi connectivity index (χ2v) is 5.68. The first-order chi connectivity index (χ1) is 7.16. The van der Waals surface area contributed by atoms with Gasteiger partial charge in [0.05, 0.1) is 26.5 Å². The molecule has 15 heavy (non-hydrogen) atoms. The number of thioether (sulfide) groups is 1. The summed E-state index contributed by atoms with van der Waals surface area (Å²) in [6, 6.07) is 10.9. The predicted octanol–water partition coefficient (Wildman–Crippen LogP) is 1.87. The predicted molar refractivity (Wildman–Crippen MR) is 64.6 cm³/mol. The van der Waals surface area contributed by atoms with E-state index in [0.717, 1.165) is 10.2 Å². The molecular weight excluding hydrogens is 206 g/mol. The van der Waals surface area contributed by atoms with Crippen LogP contribution in [0.25, 0.3) is 0 Å². The molecule has 0 spiro atoms. The molecule has 1 aromatic rings. The molecule has 0 aromatic heterocycles. The lowest BCUT2D eigenvalue weighted by atomic mass is 10.1. The van der Waals surface area contributed by atoms with Crippen LogP contribution in [-0.2, 0) is 0 Å². The summed E-state index contributed by atoms with van der Waals surface area (Å²) in [6.07, 6.45) is 0. The molecule has 1 aliphatic rings. The van der Waals surface area contributed by atoms with Crippen molar-refractivity contribution in [2.75, 3.05) is 26.5 Å². The third-order valence-electron chi connectivity index (χ3n) is 3.29. The largest absolute Gasteiger partial charge is 0.390 e. The summed E-state index contributed by atoms with van der Waals surface area (Å²) in [4.78, 5) is 0. The van der Waals surface area contributed by atoms with Gasteiger partial charge in [-0.2, -0.15) is 0 Å². The van der Waals surface area contributed by atoms with E-state index in [4.69, 9.17) is 0 Å². The normalized spacial score (nSPS) is 29.3. The molecule has 3 heteroatoms. The van der Waals surface area contributed by atoms with Crippen LogP contribution in [0.3, 0.4) is 0 Å². The van der Waals surface area contributed by atoms with Crippen molar-refractivity contribution in [2.24, 2.45) is 0 Å². The molecule has 0 radical (unpaired) electrons. The average molecular weight is 224 g/mol. The number of quaternary nitrogens is 1. The third kappa shape index (κ3) is 1.92. The van der Waals surface area contributed by atoms with Gasteiger partial charge in [0.1, 0.15) is 6.04 Å². The maximum atomic E-state index is 9.34. The second-order valence-electron chi connectivity index (χ2n) is 4.56. The Kier molecular flexibility index (Phi) is 3.05. The molecule has 0 saturated carbocycles. The van der Waals surface area contributed by atoms with Gasteiger partial charge in [0.15, 0.2) is 5.37 Å². The van der Waals surface area contributed by atoms with Gasteiger partial charge in [-0.25, -0.2) is 0 Å². The van der Waals surface area contributed by atoms with Crippen molar-refractivity contribution in [2.45, 2.75) is 11.4 Å². The van der Waals surface area contributed by atoms with Crippen molar-refractivity contribution in [1.82, 2.24) is 0 Å². The number of hydrogen-bond acceptors (Lipinski definition) is 2. The van der Waals surface area contributed by atoms with E-state index in [-0.39, 0.29) is 6.61 Å². The Morgan fingerprint density at radius 1 is 1.33 bits per heavy atom. The number of hydrogen-bond donors (Lipinski definition) is 1. The van der Waals surface area contributed by atoms with Gasteiger partial charge < -0.3 is 9.59 Å². The Morgan fingerprint density at radius 3 is 2.53 bits per heavy atom.